The third-order valence-electron chi connectivity index (χ3n) is 4.81. The predicted octanol–water partition coefficient (Wildman–Crippen LogP) is 5.49. The molecule has 174 valence electrons. The monoisotopic (exact) mass is 478 g/mol. The van der Waals surface area contributed by atoms with E-state index in [9.17, 15) is 10.1 Å². The lowest BCUT2D eigenvalue weighted by Gasteiger charge is -2.12. The zero-order valence-electron chi connectivity index (χ0n) is 18.9. The van der Waals surface area contributed by atoms with Gasteiger partial charge in [0, 0.05) is 16.8 Å². The van der Waals surface area contributed by atoms with Gasteiger partial charge in [-0.05, 0) is 53.6 Å². The van der Waals surface area contributed by atoms with Crippen molar-refractivity contribution in [2.75, 3.05) is 26.6 Å². The maximum Gasteiger partial charge on any atom is 0.266 e. The molecule has 3 rings (SSSR count). The molecule has 0 bridgehead atoms. The minimum absolute atomic E-state index is 0.0772. The van der Waals surface area contributed by atoms with E-state index in [0.29, 0.717) is 45.9 Å². The van der Waals surface area contributed by atoms with Crippen LogP contribution in [0.2, 0.25) is 5.02 Å². The standard InChI is InChI=1S/C26H23ClN2O5/c1-31-22-11-9-21(14-25(22)33-3)29-26(30)19(15-28)12-18-6-10-23(24(13-18)32-2)34-16-17-4-7-20(27)8-5-17/h4-14H,16H2,1-3H3,(H,29,30)/b19-12-. The molecule has 0 atom stereocenters. The van der Waals surface area contributed by atoms with Crippen LogP contribution in [0.3, 0.4) is 0 Å². The molecule has 0 aromatic heterocycles. The Kier molecular flexibility index (Phi) is 8.38. The molecule has 1 N–H and O–H groups in total. The lowest BCUT2D eigenvalue weighted by molar-refractivity contribution is -0.112. The maximum absolute atomic E-state index is 12.7. The topological polar surface area (TPSA) is 89.8 Å². The van der Waals surface area contributed by atoms with Crippen molar-refractivity contribution in [3.63, 3.8) is 0 Å². The van der Waals surface area contributed by atoms with Crippen molar-refractivity contribution in [3.05, 3.63) is 82.4 Å². The summed E-state index contributed by atoms with van der Waals surface area (Å²) in [6.07, 6.45) is 1.47. The molecule has 0 saturated carbocycles. The summed E-state index contributed by atoms with van der Waals surface area (Å²) in [6, 6.07) is 19.4. The highest BCUT2D eigenvalue weighted by atomic mass is 35.5. The molecule has 0 heterocycles. The summed E-state index contributed by atoms with van der Waals surface area (Å²) in [5, 5.41) is 12.9. The van der Waals surface area contributed by atoms with Gasteiger partial charge in [0.15, 0.2) is 23.0 Å². The van der Waals surface area contributed by atoms with Crippen molar-refractivity contribution in [1.82, 2.24) is 0 Å². The van der Waals surface area contributed by atoms with Gasteiger partial charge in [-0.2, -0.15) is 5.26 Å². The number of amides is 1. The Bertz CT molecular complexity index is 1230. The van der Waals surface area contributed by atoms with Gasteiger partial charge in [-0.3, -0.25) is 4.79 Å². The third kappa shape index (κ3) is 6.21. The Morgan fingerprint density at radius 3 is 2.21 bits per heavy atom. The second-order valence-electron chi connectivity index (χ2n) is 7.02. The number of hydrogen-bond acceptors (Lipinski definition) is 6. The number of carbonyl (C=O) groups is 1. The van der Waals surface area contributed by atoms with Crippen molar-refractivity contribution in [2.24, 2.45) is 0 Å². The number of hydrogen-bond donors (Lipinski definition) is 1. The molecule has 3 aromatic carbocycles. The Balaban J connectivity index is 1.75. The van der Waals surface area contributed by atoms with E-state index in [1.807, 2.05) is 18.2 Å². The van der Waals surface area contributed by atoms with Gasteiger partial charge >= 0.3 is 0 Å². The number of nitrogens with zero attached hydrogens (tertiary/aromatic N) is 1. The normalized spacial score (nSPS) is 10.7. The van der Waals surface area contributed by atoms with E-state index in [1.165, 1.54) is 27.4 Å². The van der Waals surface area contributed by atoms with Gasteiger partial charge in [0.05, 0.1) is 21.3 Å². The molecule has 0 saturated heterocycles. The van der Waals surface area contributed by atoms with Crippen LogP contribution in [0.15, 0.2) is 66.2 Å². The fourth-order valence-electron chi connectivity index (χ4n) is 3.06. The summed E-state index contributed by atoms with van der Waals surface area (Å²) < 4.78 is 21.7. The molecule has 0 aliphatic rings. The molecule has 1 amide bonds. The summed E-state index contributed by atoms with van der Waals surface area (Å²) in [5.74, 6) is 1.43. The highest BCUT2D eigenvalue weighted by Gasteiger charge is 2.13. The fourth-order valence-corrected chi connectivity index (χ4v) is 3.19. The highest BCUT2D eigenvalue weighted by molar-refractivity contribution is 6.30. The van der Waals surface area contributed by atoms with Crippen LogP contribution in [-0.2, 0) is 11.4 Å². The van der Waals surface area contributed by atoms with Gasteiger partial charge in [-0.25, -0.2) is 0 Å². The minimum Gasteiger partial charge on any atom is -0.493 e. The molecule has 0 aliphatic heterocycles. The minimum atomic E-state index is -0.559. The number of methoxy groups -OCH3 is 3. The van der Waals surface area contributed by atoms with Crippen LogP contribution >= 0.6 is 11.6 Å². The van der Waals surface area contributed by atoms with Crippen LogP contribution in [-0.4, -0.2) is 27.2 Å². The lowest BCUT2D eigenvalue weighted by Crippen LogP contribution is -2.13. The molecule has 0 spiro atoms. The first-order chi connectivity index (χ1) is 16.5. The van der Waals surface area contributed by atoms with Crippen LogP contribution in [0.5, 0.6) is 23.0 Å². The Labute approximate surface area is 203 Å². The zero-order chi connectivity index (χ0) is 24.5. The van der Waals surface area contributed by atoms with Crippen LogP contribution in [0.4, 0.5) is 5.69 Å². The molecule has 8 heteroatoms. The quantitative estimate of drug-likeness (QED) is 0.323. The van der Waals surface area contributed by atoms with Crippen molar-refractivity contribution in [1.29, 1.82) is 5.26 Å². The number of halogens is 1. The molecule has 0 radical (unpaired) electrons. The molecule has 3 aromatic rings. The first-order valence-electron chi connectivity index (χ1n) is 10.2. The molecular weight excluding hydrogens is 456 g/mol. The first kappa shape index (κ1) is 24.5. The summed E-state index contributed by atoms with van der Waals surface area (Å²) in [7, 11) is 4.54. The van der Waals surface area contributed by atoms with Crippen molar-refractivity contribution < 1.29 is 23.7 Å². The Hall–Kier alpha value is -4.15. The summed E-state index contributed by atoms with van der Waals surface area (Å²) in [4.78, 5) is 12.7. The Morgan fingerprint density at radius 1 is 0.912 bits per heavy atom. The van der Waals surface area contributed by atoms with E-state index in [-0.39, 0.29) is 5.57 Å². The van der Waals surface area contributed by atoms with Crippen LogP contribution in [0, 0.1) is 11.3 Å². The number of nitriles is 1. The summed E-state index contributed by atoms with van der Waals surface area (Å²) >= 11 is 5.91. The molecule has 0 aliphatic carbocycles. The van der Waals surface area contributed by atoms with Gasteiger partial charge in [0.1, 0.15) is 18.2 Å². The average Bonchev–Trinajstić information content (AvgIpc) is 2.86. The average molecular weight is 479 g/mol. The molecule has 7 nitrogen and oxygen atoms in total. The van der Waals surface area contributed by atoms with Crippen LogP contribution < -0.4 is 24.3 Å². The molecule has 0 fully saturated rings. The van der Waals surface area contributed by atoms with Crippen LogP contribution in [0.1, 0.15) is 11.1 Å². The van der Waals surface area contributed by atoms with Gasteiger partial charge in [0.25, 0.3) is 5.91 Å². The second-order valence-corrected chi connectivity index (χ2v) is 7.46. The largest absolute Gasteiger partial charge is 0.493 e. The van der Waals surface area contributed by atoms with Gasteiger partial charge < -0.3 is 24.3 Å². The van der Waals surface area contributed by atoms with Crippen molar-refractivity contribution >= 4 is 29.3 Å². The van der Waals surface area contributed by atoms with Gasteiger partial charge in [0.2, 0.25) is 0 Å². The Morgan fingerprint density at radius 2 is 1.56 bits per heavy atom. The SMILES string of the molecule is COc1ccc(NC(=O)/C(C#N)=C\c2ccc(OCc3ccc(Cl)cc3)c(OC)c2)cc1OC. The summed E-state index contributed by atoms with van der Waals surface area (Å²) in [5.41, 5.74) is 1.95. The smallest absolute Gasteiger partial charge is 0.266 e. The van der Waals surface area contributed by atoms with E-state index >= 15 is 0 Å². The number of anilines is 1. The van der Waals surface area contributed by atoms with E-state index in [1.54, 1.807) is 48.5 Å². The second kappa shape index (κ2) is 11.6. The van der Waals surface area contributed by atoms with E-state index < -0.39 is 5.91 Å². The predicted molar refractivity (Wildman–Crippen MR) is 131 cm³/mol. The van der Waals surface area contributed by atoms with E-state index in [4.69, 9.17) is 30.5 Å². The summed E-state index contributed by atoms with van der Waals surface area (Å²) in [6.45, 7) is 0.333. The molecule has 0 unspecified atom stereocenters. The molecule has 34 heavy (non-hydrogen) atoms. The van der Waals surface area contributed by atoms with Gasteiger partial charge in [-0.15, -0.1) is 0 Å². The maximum atomic E-state index is 12.7. The van der Waals surface area contributed by atoms with Crippen LogP contribution in [0.25, 0.3) is 6.08 Å². The number of carbonyl (C=O) groups excluding carboxylic acids is 1. The van der Waals surface area contributed by atoms with Crippen molar-refractivity contribution in [3.8, 4) is 29.1 Å². The number of rotatable bonds is 9. The highest BCUT2D eigenvalue weighted by Crippen LogP contribution is 2.31. The molecular formula is C26H23ClN2O5. The van der Waals surface area contributed by atoms with E-state index in [0.717, 1.165) is 5.56 Å². The van der Waals surface area contributed by atoms with Crippen molar-refractivity contribution in [2.45, 2.75) is 6.61 Å². The number of ether oxygens (including phenoxy) is 4. The number of benzene rings is 3. The first-order valence-corrected chi connectivity index (χ1v) is 10.6. The van der Waals surface area contributed by atoms with E-state index in [2.05, 4.69) is 5.32 Å². The lowest BCUT2D eigenvalue weighted by atomic mass is 10.1. The fraction of sp³-hybridized carbons (Fsp3) is 0.154. The van der Waals surface area contributed by atoms with Gasteiger partial charge in [-0.1, -0.05) is 29.8 Å². The number of nitrogens with one attached hydrogen (secondary N) is 1. The zero-order valence-corrected chi connectivity index (χ0v) is 19.7. The third-order valence-corrected chi connectivity index (χ3v) is 5.06.